The van der Waals surface area contributed by atoms with Crippen molar-refractivity contribution in [3.63, 3.8) is 0 Å². The van der Waals surface area contributed by atoms with Crippen molar-refractivity contribution in [1.82, 2.24) is 0 Å². The van der Waals surface area contributed by atoms with Crippen LogP contribution in [0.5, 0.6) is 5.75 Å². The molecular weight excluding hydrogens is 268 g/mol. The van der Waals surface area contributed by atoms with E-state index in [2.05, 4.69) is 0 Å². The highest BCUT2D eigenvalue weighted by molar-refractivity contribution is 6.08. The van der Waals surface area contributed by atoms with Crippen molar-refractivity contribution in [2.24, 2.45) is 0 Å². The Bertz CT molecular complexity index is 628. The van der Waals surface area contributed by atoms with E-state index in [9.17, 15) is 14.7 Å². The van der Waals surface area contributed by atoms with Gasteiger partial charge < -0.3 is 10.2 Å². The Labute approximate surface area is 124 Å². The molecule has 0 spiro atoms. The fraction of sp³-hybridized carbons (Fsp3) is 0.294. The Hall–Kier alpha value is -2.36. The quantitative estimate of drug-likeness (QED) is 0.491. The average molecular weight is 288 g/mol. The van der Waals surface area contributed by atoms with E-state index in [1.165, 1.54) is 18.2 Å². The van der Waals surface area contributed by atoms with Crippen LogP contribution in [0.15, 0.2) is 35.4 Å². The van der Waals surface area contributed by atoms with Crippen LogP contribution in [0.2, 0.25) is 0 Å². The second-order valence-electron chi connectivity index (χ2n) is 5.41. The molecular formula is C17H20O4. The molecule has 0 heterocycles. The van der Waals surface area contributed by atoms with Crippen molar-refractivity contribution < 1.29 is 19.8 Å². The van der Waals surface area contributed by atoms with Crippen LogP contribution >= 0.6 is 0 Å². The summed E-state index contributed by atoms with van der Waals surface area (Å²) in [6, 6.07) is 2.61. The molecule has 0 amide bonds. The van der Waals surface area contributed by atoms with Crippen LogP contribution in [-0.2, 0) is 6.42 Å². The zero-order valence-corrected chi connectivity index (χ0v) is 12.7. The fourth-order valence-electron chi connectivity index (χ4n) is 1.82. The molecule has 1 aromatic rings. The third-order valence-corrected chi connectivity index (χ3v) is 2.85. The van der Waals surface area contributed by atoms with Gasteiger partial charge in [-0.3, -0.25) is 4.79 Å². The lowest BCUT2D eigenvalue weighted by atomic mass is 9.97. The number of aromatic carboxylic acids is 1. The van der Waals surface area contributed by atoms with Gasteiger partial charge in [0.25, 0.3) is 0 Å². The highest BCUT2D eigenvalue weighted by Gasteiger charge is 2.17. The van der Waals surface area contributed by atoms with Gasteiger partial charge in [0.05, 0.1) is 11.1 Å². The van der Waals surface area contributed by atoms with E-state index in [0.29, 0.717) is 12.0 Å². The highest BCUT2D eigenvalue weighted by atomic mass is 16.4. The fourth-order valence-corrected chi connectivity index (χ4v) is 1.82. The number of aromatic hydroxyl groups is 1. The summed E-state index contributed by atoms with van der Waals surface area (Å²) in [5.41, 5.74) is 2.28. The molecule has 0 aliphatic heterocycles. The molecule has 0 atom stereocenters. The molecule has 112 valence electrons. The van der Waals surface area contributed by atoms with Gasteiger partial charge in [0.15, 0.2) is 5.78 Å². The largest absolute Gasteiger partial charge is 0.507 e. The summed E-state index contributed by atoms with van der Waals surface area (Å²) < 4.78 is 0. The molecule has 1 rings (SSSR count). The van der Waals surface area contributed by atoms with Crippen LogP contribution < -0.4 is 0 Å². The molecule has 1 aromatic carbocycles. The van der Waals surface area contributed by atoms with Crippen molar-refractivity contribution in [3.8, 4) is 5.75 Å². The van der Waals surface area contributed by atoms with Crippen LogP contribution in [0.25, 0.3) is 0 Å². The Morgan fingerprint density at radius 3 is 2.19 bits per heavy atom. The molecule has 0 fully saturated rings. The number of carbonyl (C=O) groups is 2. The SMILES string of the molecule is CC(C)=CCc1cc(C(=O)O)cc(C(=O)C=C(C)C)c1O. The lowest BCUT2D eigenvalue weighted by Crippen LogP contribution is -2.04. The van der Waals surface area contributed by atoms with E-state index in [0.717, 1.165) is 11.1 Å². The summed E-state index contributed by atoms with van der Waals surface area (Å²) in [4.78, 5) is 23.3. The number of hydrogen-bond acceptors (Lipinski definition) is 3. The molecule has 2 N–H and O–H groups in total. The number of hydrogen-bond donors (Lipinski definition) is 2. The maximum atomic E-state index is 12.1. The topological polar surface area (TPSA) is 74.6 Å². The Morgan fingerprint density at radius 2 is 1.71 bits per heavy atom. The predicted octanol–water partition coefficient (Wildman–Crippen LogP) is 3.75. The number of phenols is 1. The maximum Gasteiger partial charge on any atom is 0.335 e. The first-order valence-corrected chi connectivity index (χ1v) is 6.64. The number of carboxylic acids is 1. The van der Waals surface area contributed by atoms with Crippen LogP contribution in [-0.4, -0.2) is 22.0 Å². The first kappa shape index (κ1) is 16.7. The summed E-state index contributed by atoms with van der Waals surface area (Å²) in [6.07, 6.45) is 3.63. The lowest BCUT2D eigenvalue weighted by Gasteiger charge is -2.09. The van der Waals surface area contributed by atoms with Gasteiger partial charge in [-0.1, -0.05) is 17.2 Å². The Morgan fingerprint density at radius 1 is 1.10 bits per heavy atom. The van der Waals surface area contributed by atoms with Gasteiger partial charge in [0.1, 0.15) is 5.75 Å². The molecule has 0 bridgehead atoms. The van der Waals surface area contributed by atoms with Gasteiger partial charge >= 0.3 is 5.97 Å². The summed E-state index contributed by atoms with van der Waals surface area (Å²) in [7, 11) is 0. The van der Waals surface area contributed by atoms with Crippen molar-refractivity contribution in [2.45, 2.75) is 34.1 Å². The molecule has 0 radical (unpaired) electrons. The van der Waals surface area contributed by atoms with Crippen LogP contribution in [0.3, 0.4) is 0 Å². The van der Waals surface area contributed by atoms with Gasteiger partial charge in [-0.05, 0) is 57.9 Å². The molecule has 0 saturated heterocycles. The van der Waals surface area contributed by atoms with Gasteiger partial charge in [-0.15, -0.1) is 0 Å². The Balaban J connectivity index is 3.42. The van der Waals surface area contributed by atoms with Crippen molar-refractivity contribution in [3.05, 3.63) is 52.1 Å². The minimum absolute atomic E-state index is 0.00420. The van der Waals surface area contributed by atoms with Gasteiger partial charge in [-0.25, -0.2) is 4.79 Å². The predicted molar refractivity (Wildman–Crippen MR) is 82.0 cm³/mol. The smallest absolute Gasteiger partial charge is 0.335 e. The average Bonchev–Trinajstić information content (AvgIpc) is 2.35. The summed E-state index contributed by atoms with van der Waals surface area (Å²) >= 11 is 0. The molecule has 4 nitrogen and oxygen atoms in total. The standard InChI is InChI=1S/C17H20O4/c1-10(2)5-6-12-8-13(17(20)21)9-14(16(12)19)15(18)7-11(3)4/h5,7-9,19H,6H2,1-4H3,(H,20,21). The van der Waals surface area contributed by atoms with Gasteiger partial charge in [0, 0.05) is 0 Å². The van der Waals surface area contributed by atoms with E-state index in [1.807, 2.05) is 19.9 Å². The highest BCUT2D eigenvalue weighted by Crippen LogP contribution is 2.27. The van der Waals surface area contributed by atoms with Gasteiger partial charge in [0.2, 0.25) is 0 Å². The number of carboxylic acid groups (broad SMARTS) is 1. The molecule has 0 unspecified atom stereocenters. The number of allylic oxidation sites excluding steroid dienone is 4. The third-order valence-electron chi connectivity index (χ3n) is 2.85. The van der Waals surface area contributed by atoms with E-state index in [4.69, 9.17) is 5.11 Å². The van der Waals surface area contributed by atoms with E-state index >= 15 is 0 Å². The van der Waals surface area contributed by atoms with E-state index < -0.39 is 11.8 Å². The lowest BCUT2D eigenvalue weighted by molar-refractivity contribution is 0.0696. The summed E-state index contributed by atoms with van der Waals surface area (Å²) in [6.45, 7) is 7.35. The van der Waals surface area contributed by atoms with Crippen LogP contribution in [0, 0.1) is 0 Å². The number of rotatable bonds is 5. The second-order valence-corrected chi connectivity index (χ2v) is 5.41. The minimum Gasteiger partial charge on any atom is -0.507 e. The molecule has 21 heavy (non-hydrogen) atoms. The van der Waals surface area contributed by atoms with Crippen LogP contribution in [0.4, 0.5) is 0 Å². The summed E-state index contributed by atoms with van der Waals surface area (Å²) in [5, 5.41) is 19.4. The Kier molecular flexibility index (Phi) is 5.47. The molecule has 0 aromatic heterocycles. The normalized spacial score (nSPS) is 9.90. The number of benzene rings is 1. The van der Waals surface area contributed by atoms with Gasteiger partial charge in [-0.2, -0.15) is 0 Å². The monoisotopic (exact) mass is 288 g/mol. The van der Waals surface area contributed by atoms with Crippen LogP contribution in [0.1, 0.15) is 54.0 Å². The van der Waals surface area contributed by atoms with E-state index in [1.54, 1.807) is 13.8 Å². The minimum atomic E-state index is -1.13. The first-order valence-electron chi connectivity index (χ1n) is 6.64. The second kappa shape index (κ2) is 6.88. The number of ketones is 1. The first-order chi connectivity index (χ1) is 9.72. The molecule has 0 aliphatic carbocycles. The number of phenolic OH excluding ortho intramolecular Hbond substituents is 1. The molecule has 4 heteroatoms. The van der Waals surface area contributed by atoms with Crippen molar-refractivity contribution >= 4 is 11.8 Å². The molecule has 0 aliphatic rings. The summed E-state index contributed by atoms with van der Waals surface area (Å²) in [5.74, 6) is -1.67. The maximum absolute atomic E-state index is 12.1. The number of carbonyl (C=O) groups excluding carboxylic acids is 1. The zero-order chi connectivity index (χ0) is 16.2. The van der Waals surface area contributed by atoms with Crippen molar-refractivity contribution in [2.75, 3.05) is 0 Å². The van der Waals surface area contributed by atoms with Crippen molar-refractivity contribution in [1.29, 1.82) is 0 Å². The molecule has 0 saturated carbocycles. The van der Waals surface area contributed by atoms with E-state index in [-0.39, 0.29) is 16.9 Å². The zero-order valence-electron chi connectivity index (χ0n) is 12.7. The third kappa shape index (κ3) is 4.60.